The molecule has 1 unspecified atom stereocenters. The van der Waals surface area contributed by atoms with Crippen molar-refractivity contribution in [1.29, 1.82) is 0 Å². The van der Waals surface area contributed by atoms with E-state index in [1.807, 2.05) is 26.0 Å². The summed E-state index contributed by atoms with van der Waals surface area (Å²) in [6.07, 6.45) is -0.356. The standard InChI is InChI=1S/C18H21NO3S/c1-11-10-15(13(3)23-11)17(21)8-9-18(22)19-16-7-5-4-6-14(16)12(2)20/h4-7,10,12,20H,8-9H2,1-3H3,(H,19,22). The highest BCUT2D eigenvalue weighted by Crippen LogP contribution is 2.24. The van der Waals surface area contributed by atoms with E-state index in [2.05, 4.69) is 5.32 Å². The highest BCUT2D eigenvalue weighted by Gasteiger charge is 2.15. The van der Waals surface area contributed by atoms with Gasteiger partial charge in [0.1, 0.15) is 0 Å². The smallest absolute Gasteiger partial charge is 0.224 e. The van der Waals surface area contributed by atoms with Crippen molar-refractivity contribution >= 4 is 28.7 Å². The molecule has 4 nitrogen and oxygen atoms in total. The van der Waals surface area contributed by atoms with Gasteiger partial charge in [-0.1, -0.05) is 18.2 Å². The van der Waals surface area contributed by atoms with Gasteiger partial charge in [0.25, 0.3) is 0 Å². The first-order valence-corrected chi connectivity index (χ1v) is 8.37. The van der Waals surface area contributed by atoms with Crippen molar-refractivity contribution in [2.45, 2.75) is 39.7 Å². The predicted molar refractivity (Wildman–Crippen MR) is 93.1 cm³/mol. The van der Waals surface area contributed by atoms with Crippen LogP contribution in [0.15, 0.2) is 30.3 Å². The molecule has 0 saturated heterocycles. The third kappa shape index (κ3) is 4.50. The number of rotatable bonds is 6. The van der Waals surface area contributed by atoms with Crippen molar-refractivity contribution in [3.8, 4) is 0 Å². The highest BCUT2D eigenvalue weighted by atomic mass is 32.1. The Morgan fingerprint density at radius 1 is 1.22 bits per heavy atom. The van der Waals surface area contributed by atoms with Crippen molar-refractivity contribution in [2.24, 2.45) is 0 Å². The van der Waals surface area contributed by atoms with E-state index in [1.165, 1.54) is 0 Å². The van der Waals surface area contributed by atoms with E-state index in [1.54, 1.807) is 36.5 Å². The van der Waals surface area contributed by atoms with Crippen molar-refractivity contribution in [3.63, 3.8) is 0 Å². The number of ketones is 1. The van der Waals surface area contributed by atoms with Gasteiger partial charge in [-0.25, -0.2) is 0 Å². The molecule has 1 aromatic carbocycles. The van der Waals surface area contributed by atoms with Crippen LogP contribution in [-0.4, -0.2) is 16.8 Å². The summed E-state index contributed by atoms with van der Waals surface area (Å²) in [6.45, 7) is 5.54. The van der Waals surface area contributed by atoms with Gasteiger partial charge < -0.3 is 10.4 Å². The molecule has 2 aromatic rings. The molecule has 0 spiro atoms. The van der Waals surface area contributed by atoms with Gasteiger partial charge in [-0.05, 0) is 32.9 Å². The topological polar surface area (TPSA) is 66.4 Å². The van der Waals surface area contributed by atoms with E-state index in [0.717, 1.165) is 9.75 Å². The first-order chi connectivity index (χ1) is 10.9. The van der Waals surface area contributed by atoms with Gasteiger partial charge in [0.15, 0.2) is 5.78 Å². The average Bonchev–Trinajstić information content (AvgIpc) is 2.84. The SMILES string of the molecule is Cc1cc(C(=O)CCC(=O)Nc2ccccc2C(C)O)c(C)s1. The fourth-order valence-electron chi connectivity index (χ4n) is 2.46. The monoisotopic (exact) mass is 331 g/mol. The number of para-hydroxylation sites is 1. The molecule has 0 aliphatic carbocycles. The fourth-order valence-corrected chi connectivity index (χ4v) is 3.40. The number of aliphatic hydroxyl groups excluding tert-OH is 1. The lowest BCUT2D eigenvalue weighted by atomic mass is 10.1. The Morgan fingerprint density at radius 3 is 2.52 bits per heavy atom. The number of amides is 1. The van der Waals surface area contributed by atoms with Crippen LogP contribution in [0.3, 0.4) is 0 Å². The average molecular weight is 331 g/mol. The maximum Gasteiger partial charge on any atom is 0.224 e. The lowest BCUT2D eigenvalue weighted by molar-refractivity contribution is -0.116. The van der Waals surface area contributed by atoms with E-state index in [0.29, 0.717) is 16.8 Å². The molecule has 5 heteroatoms. The largest absolute Gasteiger partial charge is 0.389 e. The lowest BCUT2D eigenvalue weighted by Crippen LogP contribution is -2.15. The summed E-state index contributed by atoms with van der Waals surface area (Å²) in [5.74, 6) is -0.234. The number of aliphatic hydroxyl groups is 1. The number of nitrogens with one attached hydrogen (secondary N) is 1. The molecule has 1 heterocycles. The molecule has 2 rings (SSSR count). The van der Waals surface area contributed by atoms with Crippen LogP contribution in [-0.2, 0) is 4.79 Å². The summed E-state index contributed by atoms with van der Waals surface area (Å²) in [5, 5.41) is 12.5. The van der Waals surface area contributed by atoms with Gasteiger partial charge in [-0.15, -0.1) is 11.3 Å². The van der Waals surface area contributed by atoms with Gasteiger partial charge in [0.2, 0.25) is 5.91 Å². The van der Waals surface area contributed by atoms with Gasteiger partial charge in [-0.2, -0.15) is 0 Å². The Bertz CT molecular complexity index is 719. The third-order valence-corrected chi connectivity index (χ3v) is 4.57. The number of Topliss-reactive ketones (excluding diaryl/α,β-unsaturated/α-hetero) is 1. The van der Waals surface area contributed by atoms with Crippen LogP contribution in [0.1, 0.15) is 51.5 Å². The maximum atomic E-state index is 12.2. The summed E-state index contributed by atoms with van der Waals surface area (Å²) in [5.41, 5.74) is 1.96. The minimum atomic E-state index is -0.662. The Kier molecular flexibility index (Phi) is 5.69. The van der Waals surface area contributed by atoms with E-state index in [-0.39, 0.29) is 24.5 Å². The summed E-state index contributed by atoms with van der Waals surface area (Å²) >= 11 is 1.59. The van der Waals surface area contributed by atoms with Crippen LogP contribution in [0.25, 0.3) is 0 Å². The number of benzene rings is 1. The number of carbonyl (C=O) groups excluding carboxylic acids is 2. The Balaban J connectivity index is 1.96. The zero-order valence-corrected chi connectivity index (χ0v) is 14.4. The van der Waals surface area contributed by atoms with Crippen molar-refractivity contribution < 1.29 is 14.7 Å². The summed E-state index contributed by atoms with van der Waals surface area (Å²) in [6, 6.07) is 8.99. The molecular weight excluding hydrogens is 310 g/mol. The number of thiophene rings is 1. The molecule has 0 saturated carbocycles. The van der Waals surface area contributed by atoms with Crippen LogP contribution in [0.4, 0.5) is 5.69 Å². The third-order valence-electron chi connectivity index (χ3n) is 3.61. The quantitative estimate of drug-likeness (QED) is 0.786. The molecule has 0 aliphatic rings. The summed E-state index contributed by atoms with van der Waals surface area (Å²) < 4.78 is 0. The van der Waals surface area contributed by atoms with E-state index >= 15 is 0 Å². The Morgan fingerprint density at radius 2 is 1.91 bits per heavy atom. The number of aryl methyl sites for hydroxylation is 2. The second kappa shape index (κ2) is 7.53. The molecule has 1 aromatic heterocycles. The van der Waals surface area contributed by atoms with Crippen LogP contribution in [0.2, 0.25) is 0 Å². The minimum absolute atomic E-state index is 0.00851. The molecule has 23 heavy (non-hydrogen) atoms. The first-order valence-electron chi connectivity index (χ1n) is 7.55. The molecule has 0 bridgehead atoms. The predicted octanol–water partition coefficient (Wildman–Crippen LogP) is 4.02. The van der Waals surface area contributed by atoms with Crippen LogP contribution in [0.5, 0.6) is 0 Å². The number of hydrogen-bond acceptors (Lipinski definition) is 4. The molecule has 1 atom stereocenters. The van der Waals surface area contributed by atoms with Crippen LogP contribution < -0.4 is 5.32 Å². The Labute approximate surface area is 140 Å². The molecule has 122 valence electrons. The molecule has 2 N–H and O–H groups in total. The van der Waals surface area contributed by atoms with Crippen molar-refractivity contribution in [2.75, 3.05) is 5.32 Å². The second-order valence-electron chi connectivity index (χ2n) is 5.56. The van der Waals surface area contributed by atoms with Gasteiger partial charge in [0.05, 0.1) is 6.10 Å². The van der Waals surface area contributed by atoms with E-state index in [9.17, 15) is 14.7 Å². The zero-order chi connectivity index (χ0) is 17.0. The van der Waals surface area contributed by atoms with Crippen LogP contribution in [0, 0.1) is 13.8 Å². The van der Waals surface area contributed by atoms with E-state index < -0.39 is 6.10 Å². The van der Waals surface area contributed by atoms with Crippen molar-refractivity contribution in [1.82, 2.24) is 0 Å². The fraction of sp³-hybridized carbons (Fsp3) is 0.333. The number of anilines is 1. The first kappa shape index (κ1) is 17.4. The lowest BCUT2D eigenvalue weighted by Gasteiger charge is -2.12. The normalized spacial score (nSPS) is 12.0. The molecule has 1 amide bonds. The summed E-state index contributed by atoms with van der Waals surface area (Å²) in [4.78, 5) is 26.4. The van der Waals surface area contributed by atoms with Crippen molar-refractivity contribution in [3.05, 3.63) is 51.2 Å². The minimum Gasteiger partial charge on any atom is -0.389 e. The molecule has 0 aliphatic heterocycles. The summed E-state index contributed by atoms with van der Waals surface area (Å²) in [7, 11) is 0. The molecule has 0 fully saturated rings. The number of hydrogen-bond donors (Lipinski definition) is 2. The van der Waals surface area contributed by atoms with Gasteiger partial charge >= 0.3 is 0 Å². The number of carbonyl (C=O) groups is 2. The van der Waals surface area contributed by atoms with E-state index in [4.69, 9.17) is 0 Å². The zero-order valence-electron chi connectivity index (χ0n) is 13.6. The van der Waals surface area contributed by atoms with Gasteiger partial charge in [-0.3, -0.25) is 9.59 Å². The van der Waals surface area contributed by atoms with Crippen LogP contribution >= 0.6 is 11.3 Å². The second-order valence-corrected chi connectivity index (χ2v) is 7.02. The maximum absolute atomic E-state index is 12.2. The molecular formula is C18H21NO3S. The van der Waals surface area contributed by atoms with Gasteiger partial charge in [0, 0.05) is 39.4 Å². The highest BCUT2D eigenvalue weighted by molar-refractivity contribution is 7.12. The Hall–Kier alpha value is -1.98. The molecule has 0 radical (unpaired) electrons.